The van der Waals surface area contributed by atoms with Gasteiger partial charge in [0.25, 0.3) is 0 Å². The molecule has 0 unspecified atom stereocenters. The normalized spacial score (nSPS) is 12.7. The monoisotopic (exact) mass is 355 g/mol. The summed E-state index contributed by atoms with van der Waals surface area (Å²) in [6.07, 6.45) is 0.218. The lowest BCUT2D eigenvalue weighted by Gasteiger charge is -2.30. The molecular weight excluding hydrogens is 337 g/mol. The molecule has 5 nitrogen and oxygen atoms in total. The van der Waals surface area contributed by atoms with Gasteiger partial charge in [0.1, 0.15) is 4.90 Å². The third-order valence-corrected chi connectivity index (χ3v) is 6.23. The fraction of sp³-hybridized carbons (Fsp3) is 0.538. The molecule has 1 aromatic carbocycles. The highest BCUT2D eigenvalue weighted by Gasteiger charge is 2.35. The van der Waals surface area contributed by atoms with Crippen molar-refractivity contribution in [2.24, 2.45) is 0 Å². The molecule has 0 saturated heterocycles. The second-order valence-electron chi connectivity index (χ2n) is 5.00. The number of sulfonamides is 1. The first-order valence-electron chi connectivity index (χ1n) is 6.35. The molecule has 1 aromatic rings. The van der Waals surface area contributed by atoms with E-state index in [1.807, 2.05) is 0 Å². The van der Waals surface area contributed by atoms with Gasteiger partial charge in [-0.05, 0) is 37.5 Å². The van der Waals surface area contributed by atoms with Crippen molar-refractivity contribution in [1.29, 1.82) is 0 Å². The molecule has 0 aliphatic carbocycles. The van der Waals surface area contributed by atoms with E-state index in [1.165, 1.54) is 0 Å². The van der Waals surface area contributed by atoms with Crippen LogP contribution in [0.3, 0.4) is 0 Å². The molecule has 0 radical (unpaired) electrons. The number of hydrogen-bond acceptors (Lipinski definition) is 4. The molecule has 0 heterocycles. The zero-order valence-electron chi connectivity index (χ0n) is 12.1. The Hall–Kier alpha value is -0.370. The van der Waals surface area contributed by atoms with E-state index in [0.717, 1.165) is 0 Å². The second-order valence-corrected chi connectivity index (χ2v) is 7.40. The molecule has 0 amide bonds. The molecule has 0 atom stereocenters. The van der Waals surface area contributed by atoms with Crippen LogP contribution in [0.2, 0.25) is 10.0 Å². The molecule has 0 aliphatic heterocycles. The van der Waals surface area contributed by atoms with E-state index < -0.39 is 28.8 Å². The maximum atomic E-state index is 12.6. The Morgan fingerprint density at radius 2 is 1.76 bits per heavy atom. The van der Waals surface area contributed by atoms with E-state index in [2.05, 4.69) is 4.72 Å². The Labute approximate surface area is 134 Å². The summed E-state index contributed by atoms with van der Waals surface area (Å²) in [6, 6.07) is 1.59. The summed E-state index contributed by atoms with van der Waals surface area (Å²) in [6.45, 7) is 3.79. The summed E-state index contributed by atoms with van der Waals surface area (Å²) < 4.78 is 27.5. The number of hydrogen-bond donors (Lipinski definition) is 3. The summed E-state index contributed by atoms with van der Waals surface area (Å²) >= 11 is 12.1. The maximum Gasteiger partial charge on any atom is 0.243 e. The molecule has 0 fully saturated rings. The molecule has 120 valence electrons. The van der Waals surface area contributed by atoms with Crippen LogP contribution < -0.4 is 4.72 Å². The number of benzene rings is 1. The summed E-state index contributed by atoms with van der Waals surface area (Å²) in [5.41, 5.74) is -0.492. The average molecular weight is 356 g/mol. The van der Waals surface area contributed by atoms with Gasteiger partial charge in [-0.15, -0.1) is 0 Å². The molecule has 0 spiro atoms. The number of halogens is 2. The third-order valence-electron chi connectivity index (χ3n) is 3.49. The van der Waals surface area contributed by atoms with Gasteiger partial charge in [-0.2, -0.15) is 0 Å². The van der Waals surface area contributed by atoms with E-state index in [0.29, 0.717) is 11.1 Å². The Balaban J connectivity index is 3.46. The Bertz CT molecular complexity index is 593. The highest BCUT2D eigenvalue weighted by Crippen LogP contribution is 2.34. The molecule has 0 bridgehead atoms. The van der Waals surface area contributed by atoms with Crippen molar-refractivity contribution in [3.8, 4) is 0 Å². The van der Waals surface area contributed by atoms with Crippen molar-refractivity contribution in [3.63, 3.8) is 0 Å². The molecule has 0 aromatic heterocycles. The van der Waals surface area contributed by atoms with Crippen LogP contribution in [0.5, 0.6) is 0 Å². The lowest BCUT2D eigenvalue weighted by molar-refractivity contribution is 0.105. The van der Waals surface area contributed by atoms with Gasteiger partial charge >= 0.3 is 0 Å². The van der Waals surface area contributed by atoms with E-state index in [1.54, 1.807) is 26.8 Å². The predicted molar refractivity (Wildman–Crippen MR) is 83.5 cm³/mol. The van der Waals surface area contributed by atoms with Gasteiger partial charge < -0.3 is 10.2 Å². The molecule has 1 rings (SSSR count). The number of rotatable bonds is 6. The van der Waals surface area contributed by atoms with Crippen LogP contribution in [0.25, 0.3) is 0 Å². The SMILES string of the molecule is CCC(CO)(CO)NS(=O)(=O)c1c(C)c(Cl)cc(C)c1Cl. The van der Waals surface area contributed by atoms with Crippen LogP contribution in [0, 0.1) is 13.8 Å². The molecule has 0 saturated carbocycles. The first-order valence-corrected chi connectivity index (χ1v) is 8.59. The molecule has 21 heavy (non-hydrogen) atoms. The minimum Gasteiger partial charge on any atom is -0.394 e. The van der Waals surface area contributed by atoms with Crippen molar-refractivity contribution in [1.82, 2.24) is 4.72 Å². The van der Waals surface area contributed by atoms with Crippen molar-refractivity contribution in [2.75, 3.05) is 13.2 Å². The first-order chi connectivity index (χ1) is 9.64. The quantitative estimate of drug-likeness (QED) is 0.728. The van der Waals surface area contributed by atoms with E-state index >= 15 is 0 Å². The van der Waals surface area contributed by atoms with Gasteiger partial charge in [0.05, 0.1) is 23.8 Å². The smallest absolute Gasteiger partial charge is 0.243 e. The van der Waals surface area contributed by atoms with Crippen molar-refractivity contribution >= 4 is 33.2 Å². The van der Waals surface area contributed by atoms with Crippen LogP contribution in [0.15, 0.2) is 11.0 Å². The Kier molecular flexibility index (Phi) is 6.06. The third kappa shape index (κ3) is 3.70. The first kappa shape index (κ1) is 18.7. The number of aliphatic hydroxyl groups is 2. The van der Waals surface area contributed by atoms with Crippen LogP contribution in [0.1, 0.15) is 24.5 Å². The zero-order valence-corrected chi connectivity index (χ0v) is 14.4. The van der Waals surface area contributed by atoms with Gasteiger partial charge in [-0.1, -0.05) is 30.1 Å². The van der Waals surface area contributed by atoms with Gasteiger partial charge in [-0.25, -0.2) is 13.1 Å². The molecule has 3 N–H and O–H groups in total. The van der Waals surface area contributed by atoms with Gasteiger partial charge in [0.15, 0.2) is 0 Å². The molecular formula is C13H19Cl2NO4S. The highest BCUT2D eigenvalue weighted by atomic mass is 35.5. The molecule has 0 aliphatic rings. The zero-order chi connectivity index (χ0) is 16.4. The van der Waals surface area contributed by atoms with Crippen molar-refractivity contribution in [2.45, 2.75) is 37.6 Å². The second kappa shape index (κ2) is 6.81. The number of nitrogens with one attached hydrogen (secondary N) is 1. The summed E-state index contributed by atoms with van der Waals surface area (Å²) in [4.78, 5) is -0.131. The van der Waals surface area contributed by atoms with E-state index in [9.17, 15) is 18.6 Å². The minimum absolute atomic E-state index is 0.0743. The predicted octanol–water partition coefficient (Wildman–Crippen LogP) is 2.02. The van der Waals surface area contributed by atoms with E-state index in [4.69, 9.17) is 23.2 Å². The number of aryl methyl sites for hydroxylation is 1. The Morgan fingerprint density at radius 1 is 1.24 bits per heavy atom. The Morgan fingerprint density at radius 3 is 2.19 bits per heavy atom. The van der Waals surface area contributed by atoms with Crippen LogP contribution >= 0.6 is 23.2 Å². The minimum atomic E-state index is -4.05. The van der Waals surface area contributed by atoms with Gasteiger partial charge in [0, 0.05) is 5.02 Å². The van der Waals surface area contributed by atoms with Crippen LogP contribution in [-0.2, 0) is 10.0 Å². The van der Waals surface area contributed by atoms with Crippen LogP contribution in [0.4, 0.5) is 0 Å². The van der Waals surface area contributed by atoms with Crippen molar-refractivity contribution in [3.05, 3.63) is 27.2 Å². The highest BCUT2D eigenvalue weighted by molar-refractivity contribution is 7.89. The van der Waals surface area contributed by atoms with Crippen LogP contribution in [-0.4, -0.2) is 37.4 Å². The summed E-state index contributed by atoms with van der Waals surface area (Å²) in [5, 5.41) is 19.1. The fourth-order valence-electron chi connectivity index (χ4n) is 1.88. The lowest BCUT2D eigenvalue weighted by atomic mass is 10.0. The van der Waals surface area contributed by atoms with Gasteiger partial charge in [-0.3, -0.25) is 0 Å². The lowest BCUT2D eigenvalue weighted by Crippen LogP contribution is -2.53. The topological polar surface area (TPSA) is 86.6 Å². The summed E-state index contributed by atoms with van der Waals surface area (Å²) in [5.74, 6) is 0. The van der Waals surface area contributed by atoms with Gasteiger partial charge in [0.2, 0.25) is 10.0 Å². The standard InChI is InChI=1S/C13H19Cl2NO4S/c1-4-13(6-17,7-18)16-21(19,20)12-9(3)10(14)5-8(2)11(12)15/h5,16-18H,4,6-7H2,1-3H3. The maximum absolute atomic E-state index is 12.6. The fourth-order valence-corrected chi connectivity index (χ4v) is 4.55. The van der Waals surface area contributed by atoms with E-state index in [-0.39, 0.29) is 21.4 Å². The summed E-state index contributed by atoms with van der Waals surface area (Å²) in [7, 11) is -4.05. The average Bonchev–Trinajstić information content (AvgIpc) is 2.43. The molecule has 8 heteroatoms. The number of aliphatic hydroxyl groups excluding tert-OH is 2. The van der Waals surface area contributed by atoms with Crippen molar-refractivity contribution < 1.29 is 18.6 Å². The largest absolute Gasteiger partial charge is 0.394 e.